The first kappa shape index (κ1) is 25.2. The topological polar surface area (TPSA) is 74.7 Å². The van der Waals surface area contributed by atoms with E-state index in [1.54, 1.807) is 47.4 Å². The number of nitrogens with zero attached hydrogens (tertiary/aromatic N) is 1. The lowest BCUT2D eigenvalue weighted by molar-refractivity contribution is -0.137. The highest BCUT2D eigenvalue weighted by Gasteiger charge is 2.32. The molecule has 3 aromatic rings. The zero-order chi connectivity index (χ0) is 25.9. The Morgan fingerprint density at radius 2 is 1.61 bits per heavy atom. The SMILES string of the molecule is O=C(Cc1ccc(C(F)(F)F)cc1)C[C@H]1CCCN(c2ccc(-c3ccccc3C(=O)O)cc2)C1=O. The van der Waals surface area contributed by atoms with Crippen molar-refractivity contribution >= 4 is 23.3 Å². The van der Waals surface area contributed by atoms with E-state index in [9.17, 15) is 32.7 Å². The summed E-state index contributed by atoms with van der Waals surface area (Å²) in [6.07, 6.45) is -3.15. The van der Waals surface area contributed by atoms with Gasteiger partial charge in [-0.3, -0.25) is 9.59 Å². The van der Waals surface area contributed by atoms with E-state index in [0.29, 0.717) is 41.8 Å². The first-order chi connectivity index (χ1) is 17.1. The van der Waals surface area contributed by atoms with Crippen LogP contribution in [0.4, 0.5) is 18.9 Å². The van der Waals surface area contributed by atoms with E-state index in [1.165, 1.54) is 18.2 Å². The highest BCUT2D eigenvalue weighted by molar-refractivity contribution is 5.99. The smallest absolute Gasteiger partial charge is 0.416 e. The number of alkyl halides is 3. The van der Waals surface area contributed by atoms with E-state index >= 15 is 0 Å². The molecular weight excluding hydrogens is 471 g/mol. The lowest BCUT2D eigenvalue weighted by Crippen LogP contribution is -2.42. The number of hydrogen-bond acceptors (Lipinski definition) is 3. The number of halogens is 3. The Balaban J connectivity index is 1.42. The third kappa shape index (κ3) is 5.64. The average Bonchev–Trinajstić information content (AvgIpc) is 2.85. The summed E-state index contributed by atoms with van der Waals surface area (Å²) in [5.74, 6) is -1.88. The molecule has 0 spiro atoms. The molecule has 1 N–H and O–H groups in total. The van der Waals surface area contributed by atoms with Crippen molar-refractivity contribution in [3.8, 4) is 11.1 Å². The molecule has 1 heterocycles. The molecule has 1 aliphatic heterocycles. The number of ketones is 1. The van der Waals surface area contributed by atoms with E-state index in [0.717, 1.165) is 12.1 Å². The largest absolute Gasteiger partial charge is 0.478 e. The number of carbonyl (C=O) groups is 3. The zero-order valence-electron chi connectivity index (χ0n) is 19.3. The third-order valence-corrected chi connectivity index (χ3v) is 6.35. The third-order valence-electron chi connectivity index (χ3n) is 6.35. The van der Waals surface area contributed by atoms with Crippen LogP contribution in [0, 0.1) is 5.92 Å². The molecule has 0 unspecified atom stereocenters. The number of rotatable bonds is 7. The maximum absolute atomic E-state index is 13.1. The van der Waals surface area contributed by atoms with Crippen molar-refractivity contribution in [3.05, 3.63) is 89.5 Å². The zero-order valence-corrected chi connectivity index (χ0v) is 19.3. The van der Waals surface area contributed by atoms with Crippen molar-refractivity contribution in [2.45, 2.75) is 31.9 Å². The van der Waals surface area contributed by atoms with Crippen LogP contribution in [0.5, 0.6) is 0 Å². The quantitative estimate of drug-likeness (QED) is 0.435. The molecule has 8 heteroatoms. The minimum absolute atomic E-state index is 0.0282. The summed E-state index contributed by atoms with van der Waals surface area (Å²) in [5.41, 5.74) is 1.85. The molecule has 5 nitrogen and oxygen atoms in total. The fourth-order valence-corrected chi connectivity index (χ4v) is 4.52. The summed E-state index contributed by atoms with van der Waals surface area (Å²) in [7, 11) is 0. The van der Waals surface area contributed by atoms with Crippen molar-refractivity contribution < 1.29 is 32.7 Å². The van der Waals surface area contributed by atoms with Gasteiger partial charge in [0.2, 0.25) is 5.91 Å². The first-order valence-corrected chi connectivity index (χ1v) is 11.6. The number of carboxylic acid groups (broad SMARTS) is 1. The van der Waals surface area contributed by atoms with Gasteiger partial charge in [0.05, 0.1) is 11.1 Å². The van der Waals surface area contributed by atoms with Gasteiger partial charge in [0.1, 0.15) is 5.78 Å². The molecule has 0 aliphatic carbocycles. The lowest BCUT2D eigenvalue weighted by atomic mass is 9.89. The minimum Gasteiger partial charge on any atom is -0.478 e. The molecular formula is C28H24F3NO4. The summed E-state index contributed by atoms with van der Waals surface area (Å²) in [5, 5.41) is 9.43. The molecule has 3 aromatic carbocycles. The van der Waals surface area contributed by atoms with Crippen LogP contribution in [0.3, 0.4) is 0 Å². The number of piperidine rings is 1. The average molecular weight is 495 g/mol. The second kappa shape index (κ2) is 10.4. The molecule has 1 aliphatic rings. The summed E-state index contributed by atoms with van der Waals surface area (Å²) in [6.45, 7) is 0.507. The second-order valence-electron chi connectivity index (χ2n) is 8.84. The van der Waals surface area contributed by atoms with Crippen LogP contribution in [-0.2, 0) is 22.2 Å². The van der Waals surface area contributed by atoms with Gasteiger partial charge in [0.15, 0.2) is 0 Å². The Labute approximate surface area is 206 Å². The Hall–Kier alpha value is -3.94. The van der Waals surface area contributed by atoms with E-state index in [-0.39, 0.29) is 30.1 Å². The van der Waals surface area contributed by atoms with Gasteiger partial charge >= 0.3 is 12.1 Å². The van der Waals surface area contributed by atoms with Gasteiger partial charge in [-0.1, -0.05) is 42.5 Å². The summed E-state index contributed by atoms with van der Waals surface area (Å²) < 4.78 is 38.2. The Bertz CT molecular complexity index is 1270. The Morgan fingerprint density at radius 3 is 2.25 bits per heavy atom. The molecule has 0 bridgehead atoms. The normalized spacial score (nSPS) is 16.1. The van der Waals surface area contributed by atoms with Crippen molar-refractivity contribution in [1.29, 1.82) is 0 Å². The van der Waals surface area contributed by atoms with E-state index in [1.807, 2.05) is 0 Å². The van der Waals surface area contributed by atoms with Gasteiger partial charge in [-0.2, -0.15) is 13.2 Å². The van der Waals surface area contributed by atoms with E-state index in [4.69, 9.17) is 0 Å². The van der Waals surface area contributed by atoms with Gasteiger partial charge in [-0.05, 0) is 59.9 Å². The van der Waals surface area contributed by atoms with Crippen molar-refractivity contribution in [3.63, 3.8) is 0 Å². The van der Waals surface area contributed by atoms with Crippen molar-refractivity contribution in [2.24, 2.45) is 5.92 Å². The Kier molecular flexibility index (Phi) is 7.24. The number of benzene rings is 3. The molecule has 0 aromatic heterocycles. The number of carbonyl (C=O) groups excluding carboxylic acids is 2. The van der Waals surface area contributed by atoms with Gasteiger partial charge in [-0.15, -0.1) is 0 Å². The van der Waals surface area contributed by atoms with E-state index in [2.05, 4.69) is 0 Å². The number of Topliss-reactive ketones (excluding diaryl/α,β-unsaturated/α-hetero) is 1. The predicted molar refractivity (Wildman–Crippen MR) is 129 cm³/mol. The molecule has 1 atom stereocenters. The van der Waals surface area contributed by atoms with Crippen molar-refractivity contribution in [1.82, 2.24) is 0 Å². The van der Waals surface area contributed by atoms with Crippen LogP contribution in [0.25, 0.3) is 11.1 Å². The lowest BCUT2D eigenvalue weighted by Gasteiger charge is -2.32. The fraction of sp³-hybridized carbons (Fsp3) is 0.250. The fourth-order valence-electron chi connectivity index (χ4n) is 4.52. The number of amides is 1. The van der Waals surface area contributed by atoms with Crippen molar-refractivity contribution in [2.75, 3.05) is 11.4 Å². The molecule has 186 valence electrons. The Morgan fingerprint density at radius 1 is 0.944 bits per heavy atom. The number of hydrogen-bond donors (Lipinski definition) is 1. The summed E-state index contributed by atoms with van der Waals surface area (Å²) >= 11 is 0. The minimum atomic E-state index is -4.43. The van der Waals surface area contributed by atoms with Gasteiger partial charge < -0.3 is 10.0 Å². The van der Waals surface area contributed by atoms with Crippen LogP contribution in [0.15, 0.2) is 72.8 Å². The first-order valence-electron chi connectivity index (χ1n) is 11.6. The summed E-state index contributed by atoms with van der Waals surface area (Å²) in [4.78, 5) is 38.9. The van der Waals surface area contributed by atoms with Crippen LogP contribution in [0.1, 0.15) is 40.7 Å². The molecule has 0 radical (unpaired) electrons. The highest BCUT2D eigenvalue weighted by atomic mass is 19.4. The van der Waals surface area contributed by atoms with Crippen LogP contribution in [0.2, 0.25) is 0 Å². The molecule has 1 fully saturated rings. The summed E-state index contributed by atoms with van der Waals surface area (Å²) in [6, 6.07) is 18.2. The van der Waals surface area contributed by atoms with Gasteiger partial charge in [0, 0.05) is 31.0 Å². The molecule has 4 rings (SSSR count). The van der Waals surface area contributed by atoms with Crippen LogP contribution < -0.4 is 4.90 Å². The van der Waals surface area contributed by atoms with Crippen LogP contribution in [-0.4, -0.2) is 29.3 Å². The highest BCUT2D eigenvalue weighted by Crippen LogP contribution is 2.31. The maximum Gasteiger partial charge on any atom is 0.416 e. The number of carboxylic acids is 1. The number of anilines is 1. The van der Waals surface area contributed by atoms with E-state index < -0.39 is 23.6 Å². The standard InChI is InChI=1S/C28H24F3NO4/c29-28(30,31)21-11-7-18(8-12-21)16-23(33)17-20-4-3-15-32(26(20)34)22-13-9-19(10-14-22)24-5-1-2-6-25(24)27(35)36/h1-2,5-14,20H,3-4,15-17H2,(H,35,36)/t20-/m1/s1. The van der Waals surface area contributed by atoms with Crippen LogP contribution >= 0.6 is 0 Å². The molecule has 0 saturated carbocycles. The second-order valence-corrected chi connectivity index (χ2v) is 8.84. The number of aromatic carboxylic acids is 1. The predicted octanol–water partition coefficient (Wildman–Crippen LogP) is 6.02. The van der Waals surface area contributed by atoms with Gasteiger partial charge in [0.25, 0.3) is 0 Å². The van der Waals surface area contributed by atoms with Gasteiger partial charge in [-0.25, -0.2) is 4.79 Å². The monoisotopic (exact) mass is 495 g/mol. The molecule has 36 heavy (non-hydrogen) atoms. The molecule has 1 amide bonds. The maximum atomic E-state index is 13.1. The molecule has 1 saturated heterocycles.